The Morgan fingerprint density at radius 3 is 2.89 bits per heavy atom. The summed E-state index contributed by atoms with van der Waals surface area (Å²) in [6, 6.07) is 4.42. The van der Waals surface area contributed by atoms with Gasteiger partial charge >= 0.3 is 0 Å². The van der Waals surface area contributed by atoms with Crippen LogP contribution < -0.4 is 4.74 Å². The average molecular weight is 386 g/mol. The van der Waals surface area contributed by atoms with Crippen molar-refractivity contribution in [2.75, 3.05) is 20.2 Å². The van der Waals surface area contributed by atoms with Crippen molar-refractivity contribution in [3.63, 3.8) is 0 Å². The van der Waals surface area contributed by atoms with Crippen LogP contribution in [0.25, 0.3) is 0 Å². The number of piperidine rings is 1. The number of ether oxygens (including phenoxy) is 2. The third kappa shape index (κ3) is 2.13. The minimum atomic E-state index is -0.429. The number of phenolic OH excluding ortho intramolecular Hbond substituents is 1. The molecule has 2 N–H and O–H groups in total. The van der Waals surface area contributed by atoms with Crippen LogP contribution in [0.4, 0.5) is 0 Å². The third-order valence-electron chi connectivity index (χ3n) is 8.61. The van der Waals surface area contributed by atoms with Gasteiger partial charge in [0.25, 0.3) is 0 Å². The second-order valence-electron chi connectivity index (χ2n) is 9.93. The molecule has 2 aliphatic heterocycles. The summed E-state index contributed by atoms with van der Waals surface area (Å²) >= 11 is 0. The standard InChI is InChI=1S/C23H31NO4/c1-12(25)15-10-16-17-9-14-5-6-18(26)21-19(14)23(16,22(28-21)20(15)27-2)7-8-24(17)11-13-3-4-13/h5-6,12-13,15-17,20,22,25-26H,3-4,7-11H2,1-2H3/t12-,15+,16?,17+,20?,22-,23-/m0/s1. The van der Waals surface area contributed by atoms with Gasteiger partial charge < -0.3 is 19.7 Å². The maximum atomic E-state index is 10.6. The molecule has 5 heteroatoms. The highest BCUT2D eigenvalue weighted by Gasteiger charge is 2.68. The van der Waals surface area contributed by atoms with E-state index in [2.05, 4.69) is 11.0 Å². The highest BCUT2D eigenvalue weighted by atomic mass is 16.5. The second-order valence-corrected chi connectivity index (χ2v) is 9.93. The predicted molar refractivity (Wildman–Crippen MR) is 105 cm³/mol. The summed E-state index contributed by atoms with van der Waals surface area (Å²) in [7, 11) is 1.74. The third-order valence-corrected chi connectivity index (χ3v) is 8.61. The van der Waals surface area contributed by atoms with Gasteiger partial charge in [-0.2, -0.15) is 0 Å². The van der Waals surface area contributed by atoms with Crippen LogP contribution in [-0.2, 0) is 16.6 Å². The largest absolute Gasteiger partial charge is 0.504 e. The second kappa shape index (κ2) is 5.87. The number of aromatic hydroxyl groups is 1. The van der Waals surface area contributed by atoms with Gasteiger partial charge in [0.2, 0.25) is 0 Å². The van der Waals surface area contributed by atoms with Gasteiger partial charge in [-0.25, -0.2) is 0 Å². The molecule has 1 spiro atoms. The summed E-state index contributed by atoms with van der Waals surface area (Å²) in [5.74, 6) is 2.34. The predicted octanol–water partition coefficient (Wildman–Crippen LogP) is 2.46. The van der Waals surface area contributed by atoms with Crippen molar-refractivity contribution in [3.8, 4) is 11.5 Å². The fraction of sp³-hybridized carbons (Fsp3) is 0.739. The number of benzene rings is 1. The van der Waals surface area contributed by atoms with Gasteiger partial charge in [-0.05, 0) is 69.0 Å². The fourth-order valence-electron chi connectivity index (χ4n) is 7.23. The smallest absolute Gasteiger partial charge is 0.165 e. The summed E-state index contributed by atoms with van der Waals surface area (Å²) in [6.45, 7) is 4.21. The van der Waals surface area contributed by atoms with Crippen molar-refractivity contribution < 1.29 is 19.7 Å². The van der Waals surface area contributed by atoms with Crippen molar-refractivity contribution in [3.05, 3.63) is 23.3 Å². The number of hydrogen-bond acceptors (Lipinski definition) is 5. The number of phenols is 1. The number of aliphatic hydroxyl groups is 1. The first-order chi connectivity index (χ1) is 13.5. The highest BCUT2D eigenvalue weighted by Crippen LogP contribution is 2.65. The number of likely N-dealkylation sites (tertiary alicyclic amines) is 1. The van der Waals surface area contributed by atoms with Crippen LogP contribution in [0, 0.1) is 17.8 Å². The first-order valence-corrected chi connectivity index (χ1v) is 11.0. The Bertz CT molecular complexity index is 806. The molecule has 2 bridgehead atoms. The van der Waals surface area contributed by atoms with Gasteiger partial charge in [0, 0.05) is 36.6 Å². The zero-order valence-corrected chi connectivity index (χ0v) is 16.8. The molecule has 3 fully saturated rings. The lowest BCUT2D eigenvalue weighted by molar-refractivity contribution is -0.159. The van der Waals surface area contributed by atoms with E-state index in [4.69, 9.17) is 9.47 Å². The summed E-state index contributed by atoms with van der Waals surface area (Å²) in [5.41, 5.74) is 2.52. The Labute approximate surface area is 166 Å². The van der Waals surface area contributed by atoms with Crippen LogP contribution in [0.5, 0.6) is 11.5 Å². The molecule has 2 unspecified atom stereocenters. The van der Waals surface area contributed by atoms with E-state index < -0.39 is 6.10 Å². The quantitative estimate of drug-likeness (QED) is 0.834. The summed E-state index contributed by atoms with van der Waals surface area (Å²) in [4.78, 5) is 2.74. The molecular weight excluding hydrogens is 354 g/mol. The summed E-state index contributed by atoms with van der Waals surface area (Å²) in [5, 5.41) is 21.2. The molecule has 152 valence electrons. The van der Waals surface area contributed by atoms with Crippen LogP contribution in [0.3, 0.4) is 0 Å². The number of nitrogens with zero attached hydrogens (tertiary/aromatic N) is 1. The molecule has 0 amide bonds. The Morgan fingerprint density at radius 2 is 2.18 bits per heavy atom. The van der Waals surface area contributed by atoms with E-state index in [-0.39, 0.29) is 29.3 Å². The molecule has 3 aliphatic carbocycles. The van der Waals surface area contributed by atoms with Gasteiger partial charge in [-0.3, -0.25) is 4.90 Å². The van der Waals surface area contributed by atoms with E-state index in [1.165, 1.54) is 30.5 Å². The molecule has 7 atom stereocenters. The first kappa shape index (κ1) is 17.5. The molecule has 1 aromatic rings. The molecule has 0 aromatic heterocycles. The molecule has 5 nitrogen and oxygen atoms in total. The van der Waals surface area contributed by atoms with Gasteiger partial charge in [-0.1, -0.05) is 6.07 Å². The van der Waals surface area contributed by atoms with Gasteiger partial charge in [0.05, 0.1) is 6.10 Å². The van der Waals surface area contributed by atoms with Crippen molar-refractivity contribution >= 4 is 0 Å². The highest BCUT2D eigenvalue weighted by molar-refractivity contribution is 5.60. The van der Waals surface area contributed by atoms with E-state index in [1.807, 2.05) is 6.92 Å². The van der Waals surface area contributed by atoms with E-state index in [1.54, 1.807) is 13.2 Å². The molecule has 1 aromatic carbocycles. The van der Waals surface area contributed by atoms with Crippen LogP contribution >= 0.6 is 0 Å². The van der Waals surface area contributed by atoms with Crippen LogP contribution in [0.2, 0.25) is 0 Å². The zero-order chi connectivity index (χ0) is 19.2. The summed E-state index contributed by atoms with van der Waals surface area (Å²) in [6.07, 6.45) is 5.11. The summed E-state index contributed by atoms with van der Waals surface area (Å²) < 4.78 is 12.5. The SMILES string of the molecule is COC1[C@@H]([C@H](C)O)CC2[C@H]3Cc4ccc(O)c5c4[C@@]2(CCN3CC2CC2)[C@H]1O5. The van der Waals surface area contributed by atoms with Crippen LogP contribution in [0.1, 0.15) is 43.7 Å². The molecule has 5 aliphatic rings. The maximum Gasteiger partial charge on any atom is 0.165 e. The molecule has 2 heterocycles. The Morgan fingerprint density at radius 1 is 1.36 bits per heavy atom. The van der Waals surface area contributed by atoms with E-state index in [0.29, 0.717) is 17.7 Å². The Hall–Kier alpha value is -1.30. The molecule has 1 saturated heterocycles. The zero-order valence-electron chi connectivity index (χ0n) is 16.8. The van der Waals surface area contributed by atoms with Gasteiger partial charge in [0.1, 0.15) is 12.2 Å². The topological polar surface area (TPSA) is 62.2 Å². The first-order valence-electron chi connectivity index (χ1n) is 11.0. The van der Waals surface area contributed by atoms with Gasteiger partial charge in [0.15, 0.2) is 11.5 Å². The Balaban J connectivity index is 1.51. The minimum Gasteiger partial charge on any atom is -0.504 e. The normalized spacial score (nSPS) is 42.0. The average Bonchev–Trinajstić information content (AvgIpc) is 3.42. The molecule has 28 heavy (non-hydrogen) atoms. The Kier molecular flexibility index (Phi) is 3.68. The molecule has 6 rings (SSSR count). The van der Waals surface area contributed by atoms with Crippen molar-refractivity contribution in [2.24, 2.45) is 17.8 Å². The number of rotatable bonds is 4. The molecular formula is C23H31NO4. The molecule has 2 saturated carbocycles. The fourth-order valence-corrected chi connectivity index (χ4v) is 7.23. The maximum absolute atomic E-state index is 10.6. The van der Waals surface area contributed by atoms with E-state index in [9.17, 15) is 10.2 Å². The lowest BCUT2D eigenvalue weighted by atomic mass is 9.49. The van der Waals surface area contributed by atoms with Gasteiger partial charge in [-0.15, -0.1) is 0 Å². The van der Waals surface area contributed by atoms with E-state index in [0.717, 1.165) is 31.7 Å². The number of aliphatic hydroxyl groups excluding tert-OH is 1. The lowest BCUT2D eigenvalue weighted by Crippen LogP contribution is -2.69. The lowest BCUT2D eigenvalue weighted by Gasteiger charge is -2.61. The van der Waals surface area contributed by atoms with Crippen molar-refractivity contribution in [2.45, 2.75) is 68.8 Å². The number of hydrogen-bond donors (Lipinski definition) is 2. The minimum absolute atomic E-state index is 0.0644. The van der Waals surface area contributed by atoms with Crippen molar-refractivity contribution in [1.82, 2.24) is 4.90 Å². The van der Waals surface area contributed by atoms with Crippen LogP contribution in [-0.4, -0.2) is 59.7 Å². The monoisotopic (exact) mass is 385 g/mol. The van der Waals surface area contributed by atoms with E-state index >= 15 is 0 Å². The van der Waals surface area contributed by atoms with Crippen LogP contribution in [0.15, 0.2) is 12.1 Å². The molecule has 0 radical (unpaired) electrons. The number of methoxy groups -OCH3 is 1. The van der Waals surface area contributed by atoms with Crippen molar-refractivity contribution in [1.29, 1.82) is 0 Å².